The Morgan fingerprint density at radius 1 is 1.20 bits per heavy atom. The summed E-state index contributed by atoms with van der Waals surface area (Å²) >= 11 is 0. The summed E-state index contributed by atoms with van der Waals surface area (Å²) in [7, 11) is 0. The van der Waals surface area contributed by atoms with E-state index in [0.29, 0.717) is 19.4 Å². The minimum Gasteiger partial charge on any atom is -0.481 e. The number of nitrogens with zero attached hydrogens (tertiary/aromatic N) is 1. The second-order valence-corrected chi connectivity index (χ2v) is 5.95. The molecule has 0 aliphatic heterocycles. The highest BCUT2D eigenvalue weighted by atomic mass is 16.4. The van der Waals surface area contributed by atoms with Crippen molar-refractivity contribution in [3.63, 3.8) is 0 Å². The van der Waals surface area contributed by atoms with Gasteiger partial charge in [-0.2, -0.15) is 0 Å². The van der Waals surface area contributed by atoms with Gasteiger partial charge in [0.15, 0.2) is 0 Å². The summed E-state index contributed by atoms with van der Waals surface area (Å²) in [4.78, 5) is 25.3. The Kier molecular flexibility index (Phi) is 4.86. The van der Waals surface area contributed by atoms with Gasteiger partial charge < -0.3 is 20.4 Å². The molecule has 2 fully saturated rings. The fourth-order valence-corrected chi connectivity index (χ4v) is 2.99. The fourth-order valence-electron chi connectivity index (χ4n) is 2.99. The van der Waals surface area contributed by atoms with Gasteiger partial charge in [0.1, 0.15) is 0 Å². The third-order valence-corrected chi connectivity index (χ3v) is 4.43. The predicted octanol–water partition coefficient (Wildman–Crippen LogP) is 1.19. The molecule has 0 spiro atoms. The number of amides is 2. The molecule has 0 aromatic heterocycles. The lowest BCUT2D eigenvalue weighted by molar-refractivity contribution is -0.150. The van der Waals surface area contributed by atoms with Crippen molar-refractivity contribution in [3.8, 4) is 0 Å². The first kappa shape index (κ1) is 15.1. The smallest absolute Gasteiger partial charge is 0.317 e. The number of carboxylic acids is 1. The number of carboxylic acid groups (broad SMARTS) is 1. The van der Waals surface area contributed by atoms with Gasteiger partial charge in [0, 0.05) is 19.1 Å². The number of urea groups is 1. The number of aliphatic carboxylic acids is 1. The van der Waals surface area contributed by atoms with E-state index >= 15 is 0 Å². The van der Waals surface area contributed by atoms with Crippen LogP contribution in [-0.2, 0) is 4.79 Å². The number of hydrogen-bond donors (Lipinski definition) is 3. The van der Waals surface area contributed by atoms with Crippen LogP contribution < -0.4 is 5.32 Å². The molecule has 0 bridgehead atoms. The van der Waals surface area contributed by atoms with E-state index < -0.39 is 11.4 Å². The van der Waals surface area contributed by atoms with E-state index in [1.807, 2.05) is 0 Å². The topological polar surface area (TPSA) is 89.9 Å². The van der Waals surface area contributed by atoms with E-state index in [1.165, 1.54) is 0 Å². The normalized spacial score (nSPS) is 21.2. The standard InChI is InChI=1S/C14H24N2O4/c17-9-8-16(11-4-5-11)13(20)15-10-14(12(18)19)6-2-1-3-7-14/h11,17H,1-10H2,(H,15,20)(H,18,19). The SMILES string of the molecule is O=C(NCC1(C(=O)O)CCCCC1)N(CCO)C1CC1. The number of aliphatic hydroxyl groups excluding tert-OH is 1. The van der Waals surface area contributed by atoms with Crippen molar-refractivity contribution in [2.75, 3.05) is 19.7 Å². The molecule has 2 rings (SSSR count). The second-order valence-electron chi connectivity index (χ2n) is 5.95. The highest BCUT2D eigenvalue weighted by Crippen LogP contribution is 2.36. The van der Waals surface area contributed by atoms with Gasteiger partial charge in [0.25, 0.3) is 0 Å². The lowest BCUT2D eigenvalue weighted by atomic mass is 9.74. The average Bonchev–Trinajstić information content (AvgIpc) is 3.27. The summed E-state index contributed by atoms with van der Waals surface area (Å²) in [6.45, 7) is 0.445. The van der Waals surface area contributed by atoms with Crippen LogP contribution >= 0.6 is 0 Å². The van der Waals surface area contributed by atoms with Crippen molar-refractivity contribution >= 4 is 12.0 Å². The first-order valence-electron chi connectivity index (χ1n) is 7.48. The third-order valence-electron chi connectivity index (χ3n) is 4.43. The molecule has 3 N–H and O–H groups in total. The molecule has 2 amide bonds. The second kappa shape index (κ2) is 6.43. The van der Waals surface area contributed by atoms with Gasteiger partial charge in [-0.05, 0) is 25.7 Å². The van der Waals surface area contributed by atoms with Gasteiger partial charge in [-0.1, -0.05) is 19.3 Å². The van der Waals surface area contributed by atoms with Crippen molar-refractivity contribution < 1.29 is 19.8 Å². The minimum atomic E-state index is -0.808. The van der Waals surface area contributed by atoms with Crippen LogP contribution in [0.15, 0.2) is 0 Å². The van der Waals surface area contributed by atoms with Crippen molar-refractivity contribution in [1.29, 1.82) is 0 Å². The third kappa shape index (κ3) is 3.42. The fraction of sp³-hybridized carbons (Fsp3) is 0.857. The van der Waals surface area contributed by atoms with Crippen LogP contribution in [0.1, 0.15) is 44.9 Å². The molecule has 0 aromatic rings. The van der Waals surface area contributed by atoms with Crippen LogP contribution in [0.5, 0.6) is 0 Å². The van der Waals surface area contributed by atoms with Crippen LogP contribution in [0, 0.1) is 5.41 Å². The monoisotopic (exact) mass is 284 g/mol. The summed E-state index contributed by atoms with van der Waals surface area (Å²) in [5, 5.41) is 21.2. The quantitative estimate of drug-likeness (QED) is 0.683. The number of nitrogens with one attached hydrogen (secondary N) is 1. The van der Waals surface area contributed by atoms with Crippen LogP contribution in [0.3, 0.4) is 0 Å². The van der Waals surface area contributed by atoms with Crippen molar-refractivity contribution in [2.24, 2.45) is 5.41 Å². The molecular formula is C14H24N2O4. The van der Waals surface area contributed by atoms with Crippen molar-refractivity contribution in [2.45, 2.75) is 51.0 Å². The molecule has 20 heavy (non-hydrogen) atoms. The zero-order valence-electron chi connectivity index (χ0n) is 11.8. The molecule has 0 unspecified atom stereocenters. The molecule has 0 atom stereocenters. The number of carbonyl (C=O) groups excluding carboxylic acids is 1. The molecular weight excluding hydrogens is 260 g/mol. The molecule has 2 aliphatic rings. The molecule has 0 radical (unpaired) electrons. The molecule has 114 valence electrons. The highest BCUT2D eigenvalue weighted by molar-refractivity contribution is 5.78. The Bertz CT molecular complexity index is 362. The molecule has 6 heteroatoms. The molecule has 0 saturated heterocycles. The van der Waals surface area contributed by atoms with E-state index in [0.717, 1.165) is 32.1 Å². The first-order chi connectivity index (χ1) is 9.59. The molecule has 0 aromatic carbocycles. The lowest BCUT2D eigenvalue weighted by Crippen LogP contribution is -2.49. The number of carbonyl (C=O) groups is 2. The van der Waals surface area contributed by atoms with E-state index in [-0.39, 0.29) is 25.2 Å². The Hall–Kier alpha value is -1.30. The number of hydrogen-bond acceptors (Lipinski definition) is 3. The van der Waals surface area contributed by atoms with E-state index in [9.17, 15) is 14.7 Å². The van der Waals surface area contributed by atoms with Gasteiger partial charge >= 0.3 is 12.0 Å². The molecule has 0 heterocycles. The van der Waals surface area contributed by atoms with Gasteiger partial charge in [-0.25, -0.2) is 4.79 Å². The van der Waals surface area contributed by atoms with Gasteiger partial charge in [0.05, 0.1) is 12.0 Å². The summed E-state index contributed by atoms with van der Waals surface area (Å²) in [5.41, 5.74) is -0.803. The van der Waals surface area contributed by atoms with Crippen LogP contribution in [-0.4, -0.2) is 52.9 Å². The van der Waals surface area contributed by atoms with Crippen molar-refractivity contribution in [1.82, 2.24) is 10.2 Å². The highest BCUT2D eigenvalue weighted by Gasteiger charge is 2.41. The molecule has 2 saturated carbocycles. The average molecular weight is 284 g/mol. The van der Waals surface area contributed by atoms with Crippen LogP contribution in [0.4, 0.5) is 4.79 Å². The Morgan fingerprint density at radius 2 is 1.85 bits per heavy atom. The Labute approximate surface area is 119 Å². The summed E-state index contributed by atoms with van der Waals surface area (Å²) < 4.78 is 0. The first-order valence-corrected chi connectivity index (χ1v) is 7.48. The Morgan fingerprint density at radius 3 is 2.35 bits per heavy atom. The largest absolute Gasteiger partial charge is 0.481 e. The van der Waals surface area contributed by atoms with Crippen LogP contribution in [0.25, 0.3) is 0 Å². The molecule has 6 nitrogen and oxygen atoms in total. The summed E-state index contributed by atoms with van der Waals surface area (Å²) in [6.07, 6.45) is 6.09. The lowest BCUT2D eigenvalue weighted by Gasteiger charge is -2.34. The maximum atomic E-state index is 12.1. The maximum absolute atomic E-state index is 12.1. The number of aliphatic hydroxyl groups is 1. The summed E-state index contributed by atoms with van der Waals surface area (Å²) in [5.74, 6) is -0.808. The zero-order valence-corrected chi connectivity index (χ0v) is 11.8. The van der Waals surface area contributed by atoms with E-state index in [2.05, 4.69) is 5.32 Å². The zero-order chi connectivity index (χ0) is 14.6. The van der Waals surface area contributed by atoms with Crippen LogP contribution in [0.2, 0.25) is 0 Å². The van der Waals surface area contributed by atoms with E-state index in [4.69, 9.17) is 5.11 Å². The van der Waals surface area contributed by atoms with E-state index in [1.54, 1.807) is 4.90 Å². The summed E-state index contributed by atoms with van der Waals surface area (Å²) in [6, 6.07) is -0.0259. The minimum absolute atomic E-state index is 0.0615. The maximum Gasteiger partial charge on any atom is 0.317 e. The van der Waals surface area contributed by atoms with Gasteiger partial charge in [-0.3, -0.25) is 4.79 Å². The number of rotatable bonds is 6. The Balaban J connectivity index is 1.91. The van der Waals surface area contributed by atoms with Gasteiger partial charge in [0.2, 0.25) is 0 Å². The predicted molar refractivity (Wildman–Crippen MR) is 73.4 cm³/mol. The van der Waals surface area contributed by atoms with Gasteiger partial charge in [-0.15, -0.1) is 0 Å². The molecule has 2 aliphatic carbocycles. The van der Waals surface area contributed by atoms with Crippen molar-refractivity contribution in [3.05, 3.63) is 0 Å².